The molecule has 1 aromatic carbocycles. The van der Waals surface area contributed by atoms with E-state index in [0.29, 0.717) is 5.92 Å². The van der Waals surface area contributed by atoms with Gasteiger partial charge in [-0.15, -0.1) is 0 Å². The third-order valence-electron chi connectivity index (χ3n) is 3.12. The summed E-state index contributed by atoms with van der Waals surface area (Å²) < 4.78 is 3.97. The second kappa shape index (κ2) is 4.26. The lowest BCUT2D eigenvalue weighted by molar-refractivity contribution is -0.512. The zero-order valence-corrected chi connectivity index (χ0v) is 10.6. The van der Waals surface area contributed by atoms with Crippen LogP contribution >= 0.6 is 0 Å². The van der Waals surface area contributed by atoms with Crippen LogP contribution in [0.1, 0.15) is 25.3 Å². The molecule has 0 fully saturated rings. The van der Waals surface area contributed by atoms with Crippen molar-refractivity contribution in [2.24, 2.45) is 0 Å². The Bertz CT molecular complexity index is 650. The van der Waals surface area contributed by atoms with E-state index in [4.69, 9.17) is 0 Å². The van der Waals surface area contributed by atoms with Crippen molar-refractivity contribution in [3.05, 3.63) is 60.6 Å². The first-order valence-electron chi connectivity index (χ1n) is 6.20. The van der Waals surface area contributed by atoms with Gasteiger partial charge in [-0.05, 0) is 23.6 Å². The zero-order valence-electron chi connectivity index (χ0n) is 10.6. The van der Waals surface area contributed by atoms with Crippen LogP contribution in [0.4, 0.5) is 0 Å². The van der Waals surface area contributed by atoms with E-state index >= 15 is 0 Å². The maximum Gasteiger partial charge on any atom is 0.306 e. The standard InChI is InChI=1S/C15H16N3/c1-12(2)13-7-3-4-8-14(13)18-11-17-10-6-5-9-15(17)16-18/h3-12H,1-2H3/q+1. The molecule has 0 bridgehead atoms. The summed E-state index contributed by atoms with van der Waals surface area (Å²) in [6.07, 6.45) is 4.02. The van der Waals surface area contributed by atoms with Gasteiger partial charge in [-0.3, -0.25) is 0 Å². The molecule has 3 heteroatoms. The molecular formula is C15H16N3+. The number of hydrogen-bond donors (Lipinski definition) is 0. The van der Waals surface area contributed by atoms with Crippen molar-refractivity contribution in [1.29, 1.82) is 0 Å². The summed E-state index contributed by atoms with van der Waals surface area (Å²) in [5, 5.41) is 4.61. The molecule has 18 heavy (non-hydrogen) atoms. The highest BCUT2D eigenvalue weighted by Crippen LogP contribution is 2.21. The Morgan fingerprint density at radius 1 is 1.06 bits per heavy atom. The third kappa shape index (κ3) is 1.78. The molecule has 0 atom stereocenters. The molecule has 0 saturated carbocycles. The van der Waals surface area contributed by atoms with Crippen molar-refractivity contribution in [1.82, 2.24) is 9.78 Å². The molecule has 3 nitrogen and oxygen atoms in total. The van der Waals surface area contributed by atoms with Crippen molar-refractivity contribution < 1.29 is 4.40 Å². The highest BCUT2D eigenvalue weighted by molar-refractivity contribution is 5.42. The molecule has 0 aliphatic rings. The number of benzene rings is 1. The molecule has 0 radical (unpaired) electrons. The number of para-hydroxylation sites is 1. The molecule has 0 spiro atoms. The lowest BCUT2D eigenvalue weighted by Crippen LogP contribution is -2.16. The number of rotatable bonds is 2. The predicted molar refractivity (Wildman–Crippen MR) is 70.8 cm³/mol. The minimum Gasteiger partial charge on any atom is -0.204 e. The maximum absolute atomic E-state index is 4.61. The van der Waals surface area contributed by atoms with E-state index in [-0.39, 0.29) is 0 Å². The van der Waals surface area contributed by atoms with E-state index in [1.54, 1.807) is 0 Å². The summed E-state index contributed by atoms with van der Waals surface area (Å²) in [4.78, 5) is 0. The summed E-state index contributed by atoms with van der Waals surface area (Å²) in [6, 6.07) is 14.4. The summed E-state index contributed by atoms with van der Waals surface area (Å²) in [5.74, 6) is 0.485. The first kappa shape index (κ1) is 11.0. The first-order valence-corrected chi connectivity index (χ1v) is 6.20. The Hall–Kier alpha value is -2.16. The Labute approximate surface area is 106 Å². The van der Waals surface area contributed by atoms with E-state index in [2.05, 4.69) is 43.2 Å². The number of aromatic nitrogens is 3. The van der Waals surface area contributed by atoms with E-state index in [1.165, 1.54) is 5.56 Å². The number of pyridine rings is 1. The van der Waals surface area contributed by atoms with Gasteiger partial charge in [-0.2, -0.15) is 0 Å². The normalized spacial score (nSPS) is 11.3. The van der Waals surface area contributed by atoms with Gasteiger partial charge in [0, 0.05) is 6.07 Å². The lowest BCUT2D eigenvalue weighted by Gasteiger charge is -2.07. The molecule has 0 saturated heterocycles. The summed E-state index contributed by atoms with van der Waals surface area (Å²) in [5.41, 5.74) is 3.41. The maximum atomic E-state index is 4.61. The average Bonchev–Trinajstić information content (AvgIpc) is 2.82. The Balaban J connectivity index is 2.20. The number of hydrogen-bond acceptors (Lipinski definition) is 1. The van der Waals surface area contributed by atoms with Crippen molar-refractivity contribution in [3.63, 3.8) is 0 Å². The van der Waals surface area contributed by atoms with Gasteiger partial charge in [0.15, 0.2) is 0 Å². The SMILES string of the molecule is CC(C)c1ccccc1-n1c[n+]2ccccc2n1. The second-order valence-electron chi connectivity index (χ2n) is 4.74. The Morgan fingerprint density at radius 3 is 2.61 bits per heavy atom. The molecule has 0 aliphatic carbocycles. The van der Waals surface area contributed by atoms with Gasteiger partial charge in [0.25, 0.3) is 0 Å². The van der Waals surface area contributed by atoms with Gasteiger partial charge in [0.05, 0.1) is 11.3 Å². The van der Waals surface area contributed by atoms with Gasteiger partial charge in [0.1, 0.15) is 5.69 Å². The molecule has 2 aromatic heterocycles. The van der Waals surface area contributed by atoms with Gasteiger partial charge < -0.3 is 0 Å². The van der Waals surface area contributed by atoms with Crippen LogP contribution in [0.5, 0.6) is 0 Å². The summed E-state index contributed by atoms with van der Waals surface area (Å²) in [6.45, 7) is 4.41. The van der Waals surface area contributed by atoms with Crippen LogP contribution in [0, 0.1) is 0 Å². The second-order valence-corrected chi connectivity index (χ2v) is 4.74. The fourth-order valence-electron chi connectivity index (χ4n) is 2.18. The van der Waals surface area contributed by atoms with Crippen LogP contribution in [-0.4, -0.2) is 9.78 Å². The van der Waals surface area contributed by atoms with Crippen LogP contribution in [0.15, 0.2) is 55.0 Å². The van der Waals surface area contributed by atoms with Crippen LogP contribution in [0.25, 0.3) is 11.3 Å². The molecule has 3 rings (SSSR count). The zero-order chi connectivity index (χ0) is 12.5. The van der Waals surface area contributed by atoms with Crippen LogP contribution in [-0.2, 0) is 0 Å². The number of fused-ring (bicyclic) bond motifs is 1. The molecule has 0 aliphatic heterocycles. The Morgan fingerprint density at radius 2 is 1.83 bits per heavy atom. The monoisotopic (exact) mass is 238 g/mol. The van der Waals surface area contributed by atoms with Gasteiger partial charge in [-0.25, -0.2) is 4.40 Å². The molecule has 3 aromatic rings. The Kier molecular flexibility index (Phi) is 2.59. The minimum atomic E-state index is 0.485. The molecule has 0 N–H and O–H groups in total. The van der Waals surface area contributed by atoms with E-state index < -0.39 is 0 Å². The van der Waals surface area contributed by atoms with E-state index in [0.717, 1.165) is 11.3 Å². The quantitative estimate of drug-likeness (QED) is 0.629. The highest BCUT2D eigenvalue weighted by atomic mass is 15.3. The third-order valence-corrected chi connectivity index (χ3v) is 3.12. The molecule has 2 heterocycles. The summed E-state index contributed by atoms with van der Waals surface area (Å²) >= 11 is 0. The molecule has 0 unspecified atom stereocenters. The minimum absolute atomic E-state index is 0.485. The summed E-state index contributed by atoms with van der Waals surface area (Å²) in [7, 11) is 0. The van der Waals surface area contributed by atoms with Crippen LogP contribution in [0.2, 0.25) is 0 Å². The largest absolute Gasteiger partial charge is 0.306 e. The number of nitrogens with zero attached hydrogens (tertiary/aromatic N) is 3. The smallest absolute Gasteiger partial charge is 0.204 e. The van der Waals surface area contributed by atoms with Crippen molar-refractivity contribution in [2.45, 2.75) is 19.8 Å². The van der Waals surface area contributed by atoms with Crippen molar-refractivity contribution in [3.8, 4) is 5.69 Å². The van der Waals surface area contributed by atoms with Crippen molar-refractivity contribution >= 4 is 5.65 Å². The lowest BCUT2D eigenvalue weighted by atomic mass is 10.0. The fourth-order valence-corrected chi connectivity index (χ4v) is 2.18. The molecule has 0 amide bonds. The topological polar surface area (TPSA) is 21.9 Å². The van der Waals surface area contributed by atoms with Crippen LogP contribution in [0.3, 0.4) is 0 Å². The van der Waals surface area contributed by atoms with Gasteiger partial charge in [-0.1, -0.05) is 42.8 Å². The predicted octanol–water partition coefficient (Wildman–Crippen LogP) is 2.73. The van der Waals surface area contributed by atoms with Crippen LogP contribution < -0.4 is 4.40 Å². The fraction of sp³-hybridized carbons (Fsp3) is 0.200. The first-order chi connectivity index (χ1) is 8.75. The molecular weight excluding hydrogens is 222 g/mol. The van der Waals surface area contributed by atoms with Gasteiger partial charge >= 0.3 is 5.65 Å². The average molecular weight is 238 g/mol. The van der Waals surface area contributed by atoms with E-state index in [1.807, 2.05) is 39.8 Å². The van der Waals surface area contributed by atoms with E-state index in [9.17, 15) is 0 Å². The van der Waals surface area contributed by atoms with Gasteiger partial charge in [0.2, 0.25) is 6.33 Å². The molecule has 90 valence electrons. The van der Waals surface area contributed by atoms with Crippen molar-refractivity contribution in [2.75, 3.05) is 0 Å². The highest BCUT2D eigenvalue weighted by Gasteiger charge is 2.15.